The minimum Gasteiger partial charge on any atom is -0.386 e. The van der Waals surface area contributed by atoms with E-state index in [9.17, 15) is 19.4 Å². The fourth-order valence-corrected chi connectivity index (χ4v) is 6.11. The maximum absolute atomic E-state index is 12.4. The first-order chi connectivity index (χ1) is 18.1. The largest absolute Gasteiger partial charge is 0.472 e. The molecule has 16 heteroatoms. The smallest absolute Gasteiger partial charge is 0.386 e. The number of hydrogen-bond acceptors (Lipinski definition) is 11. The number of nitrogens with zero attached hydrogens (tertiary/aromatic N) is 4. The fraction of sp³-hybridized carbons (Fsp3) is 0.500. The van der Waals surface area contributed by atoms with Gasteiger partial charge in [-0.05, 0) is 43.9 Å². The lowest BCUT2D eigenvalue weighted by Crippen LogP contribution is -2.39. The van der Waals surface area contributed by atoms with Gasteiger partial charge in [0.15, 0.2) is 22.5 Å². The molecule has 5 unspecified atom stereocenters. The standard InChI is InChI=1S/C16H15ClN5O7PS.C6H15N/c17-6-1-3-7(4-2-6)31-16-19-9-12(20-15(18)21-13(9)24)22(16)14-10(23)11-8(28-14)5-27-30(25,26)29-11;1-4-7(5-2)6-3/h1-4,8,10-11,14,23H,5H2,(H,25,26)(H3,18,20,21,24);4-6H2,1-3H3. The number of aliphatic hydroxyl groups excluding tert-OH is 1. The topological polar surface area (TPSA) is 178 Å². The van der Waals surface area contributed by atoms with Crippen molar-refractivity contribution >= 4 is 48.3 Å². The Balaban J connectivity index is 0.000000426. The molecule has 2 aliphatic heterocycles. The Morgan fingerprint density at radius 2 is 1.89 bits per heavy atom. The van der Waals surface area contributed by atoms with Crippen LogP contribution in [0.2, 0.25) is 5.02 Å². The van der Waals surface area contributed by atoms with E-state index in [0.717, 1.165) is 4.90 Å². The number of nitrogen functional groups attached to an aromatic ring is 1. The summed E-state index contributed by atoms with van der Waals surface area (Å²) in [4.78, 5) is 36.0. The van der Waals surface area contributed by atoms with Gasteiger partial charge in [0, 0.05) is 9.92 Å². The highest BCUT2D eigenvalue weighted by atomic mass is 35.5. The summed E-state index contributed by atoms with van der Waals surface area (Å²) in [7, 11) is -4.31. The monoisotopic (exact) mass is 588 g/mol. The van der Waals surface area contributed by atoms with E-state index in [1.165, 1.54) is 36.0 Å². The molecule has 0 radical (unpaired) electrons. The van der Waals surface area contributed by atoms with Crippen molar-refractivity contribution in [3.8, 4) is 0 Å². The minimum atomic E-state index is -4.31. The third-order valence-corrected chi connectivity index (χ3v) is 8.34. The molecule has 1 aromatic carbocycles. The third kappa shape index (κ3) is 6.24. The number of phosphoric ester groups is 1. The molecule has 0 bridgehead atoms. The van der Waals surface area contributed by atoms with Gasteiger partial charge < -0.3 is 25.4 Å². The molecule has 2 fully saturated rings. The first-order valence-electron chi connectivity index (χ1n) is 12.0. The van der Waals surface area contributed by atoms with Crippen LogP contribution in [-0.4, -0.2) is 79.0 Å². The number of nitrogens with one attached hydrogen (secondary N) is 1. The number of imidazole rings is 1. The first kappa shape index (κ1) is 29.0. The molecule has 4 heterocycles. The number of nitrogens with two attached hydrogens (primary N) is 1. The number of phosphoric acid groups is 1. The van der Waals surface area contributed by atoms with E-state index >= 15 is 0 Å². The van der Waals surface area contributed by atoms with Crippen molar-refractivity contribution in [3.05, 3.63) is 39.6 Å². The average Bonchev–Trinajstić information content (AvgIpc) is 3.38. The van der Waals surface area contributed by atoms with Crippen molar-refractivity contribution in [2.45, 2.75) is 55.4 Å². The molecule has 208 valence electrons. The molecule has 2 aromatic heterocycles. The van der Waals surface area contributed by atoms with Gasteiger partial charge in [-0.3, -0.25) is 23.4 Å². The zero-order valence-electron chi connectivity index (χ0n) is 21.0. The van der Waals surface area contributed by atoms with E-state index in [0.29, 0.717) is 5.02 Å². The number of benzene rings is 1. The van der Waals surface area contributed by atoms with E-state index in [2.05, 4.69) is 40.6 Å². The lowest BCUT2D eigenvalue weighted by molar-refractivity contribution is -0.0684. The molecule has 5 atom stereocenters. The van der Waals surface area contributed by atoms with Gasteiger partial charge in [0.05, 0.1) is 6.61 Å². The molecule has 3 aromatic rings. The van der Waals surface area contributed by atoms with E-state index in [1.54, 1.807) is 24.3 Å². The van der Waals surface area contributed by atoms with Gasteiger partial charge in [-0.25, -0.2) is 9.55 Å². The van der Waals surface area contributed by atoms with Crippen molar-refractivity contribution in [1.29, 1.82) is 0 Å². The van der Waals surface area contributed by atoms with Crippen LogP contribution in [0.5, 0.6) is 0 Å². The Labute approximate surface area is 227 Å². The van der Waals surface area contributed by atoms with E-state index in [4.69, 9.17) is 31.1 Å². The van der Waals surface area contributed by atoms with Crippen molar-refractivity contribution in [2.24, 2.45) is 0 Å². The van der Waals surface area contributed by atoms with Crippen LogP contribution in [0.15, 0.2) is 39.1 Å². The summed E-state index contributed by atoms with van der Waals surface area (Å²) >= 11 is 7.12. The van der Waals surface area contributed by atoms with Gasteiger partial charge in [0.2, 0.25) is 5.95 Å². The van der Waals surface area contributed by atoms with E-state index in [1.807, 2.05) is 0 Å². The second-order valence-corrected chi connectivity index (χ2v) is 11.3. The number of rotatable bonds is 6. The molecule has 0 spiro atoms. The van der Waals surface area contributed by atoms with Crippen LogP contribution in [0.25, 0.3) is 11.2 Å². The Bertz CT molecular complexity index is 1360. The number of halogens is 1. The van der Waals surface area contributed by atoms with Crippen molar-refractivity contribution in [3.63, 3.8) is 0 Å². The molecular weight excluding hydrogens is 559 g/mol. The van der Waals surface area contributed by atoms with Crippen LogP contribution in [0.3, 0.4) is 0 Å². The summed E-state index contributed by atoms with van der Waals surface area (Å²) in [6.45, 7) is 9.87. The zero-order chi connectivity index (χ0) is 27.6. The van der Waals surface area contributed by atoms with Gasteiger partial charge >= 0.3 is 7.82 Å². The fourth-order valence-electron chi connectivity index (χ4n) is 4.11. The predicted molar refractivity (Wildman–Crippen MR) is 142 cm³/mol. The number of H-pyrrole nitrogens is 1. The Morgan fingerprint density at radius 3 is 2.50 bits per heavy atom. The summed E-state index contributed by atoms with van der Waals surface area (Å²) in [5.41, 5.74) is 5.21. The van der Waals surface area contributed by atoms with Crippen LogP contribution < -0.4 is 11.3 Å². The number of fused-ring (bicyclic) bond motifs is 2. The number of anilines is 1. The lowest BCUT2D eigenvalue weighted by atomic mass is 10.1. The van der Waals surface area contributed by atoms with Crippen molar-refractivity contribution < 1.29 is 28.3 Å². The SMILES string of the molecule is CCN(CC)CC.Nc1nc2c(nc(Sc3ccc(Cl)cc3)n2C2OC3COP(=O)(O)OC3C2O)c(=O)[nH]1. The number of aromatic amines is 1. The highest BCUT2D eigenvalue weighted by molar-refractivity contribution is 7.99. The Morgan fingerprint density at radius 1 is 1.24 bits per heavy atom. The maximum atomic E-state index is 12.4. The minimum absolute atomic E-state index is 0.0127. The summed E-state index contributed by atoms with van der Waals surface area (Å²) in [6, 6.07) is 6.90. The Kier molecular flexibility index (Phi) is 9.18. The van der Waals surface area contributed by atoms with Gasteiger partial charge in [-0.15, -0.1) is 0 Å². The lowest BCUT2D eigenvalue weighted by Gasteiger charge is -2.27. The van der Waals surface area contributed by atoms with Crippen LogP contribution in [0.1, 0.15) is 27.0 Å². The average molecular weight is 589 g/mol. The number of aromatic nitrogens is 4. The van der Waals surface area contributed by atoms with Gasteiger partial charge in [-0.1, -0.05) is 44.1 Å². The highest BCUT2D eigenvalue weighted by Crippen LogP contribution is 2.53. The zero-order valence-corrected chi connectivity index (χ0v) is 23.4. The second-order valence-electron chi connectivity index (χ2n) is 8.45. The maximum Gasteiger partial charge on any atom is 0.472 e. The first-order valence-corrected chi connectivity index (χ1v) is 14.7. The van der Waals surface area contributed by atoms with Gasteiger partial charge in [0.25, 0.3) is 5.56 Å². The summed E-state index contributed by atoms with van der Waals surface area (Å²) < 4.78 is 28.9. The van der Waals surface area contributed by atoms with Crippen LogP contribution in [0, 0.1) is 0 Å². The van der Waals surface area contributed by atoms with E-state index in [-0.39, 0.29) is 28.9 Å². The van der Waals surface area contributed by atoms with Gasteiger partial charge in [-0.2, -0.15) is 4.98 Å². The van der Waals surface area contributed by atoms with Crippen LogP contribution >= 0.6 is 31.2 Å². The quantitative estimate of drug-likeness (QED) is 0.310. The van der Waals surface area contributed by atoms with Crippen LogP contribution in [-0.2, 0) is 18.3 Å². The predicted octanol–water partition coefficient (Wildman–Crippen LogP) is 2.63. The van der Waals surface area contributed by atoms with Crippen molar-refractivity contribution in [1.82, 2.24) is 24.4 Å². The summed E-state index contributed by atoms with van der Waals surface area (Å²) in [5.74, 6) is -0.147. The Hall–Kier alpha value is -2.00. The molecule has 2 aliphatic rings. The summed E-state index contributed by atoms with van der Waals surface area (Å²) in [6.07, 6.45) is -4.46. The van der Waals surface area contributed by atoms with Crippen LogP contribution in [0.4, 0.5) is 5.95 Å². The second kappa shape index (κ2) is 12.0. The normalized spacial score (nSPS) is 26.8. The molecule has 5 N–H and O–H groups in total. The number of hydrogen-bond donors (Lipinski definition) is 4. The molecule has 5 rings (SSSR count). The number of ether oxygens (including phenoxy) is 1. The van der Waals surface area contributed by atoms with Crippen molar-refractivity contribution in [2.75, 3.05) is 32.0 Å². The molecule has 0 aliphatic carbocycles. The molecule has 0 saturated carbocycles. The molecule has 2 saturated heterocycles. The molecular formula is C22H30ClN6O7PS. The number of aliphatic hydroxyl groups is 1. The summed E-state index contributed by atoms with van der Waals surface area (Å²) in [5, 5.41) is 11.7. The molecule has 38 heavy (non-hydrogen) atoms. The molecule has 13 nitrogen and oxygen atoms in total. The van der Waals surface area contributed by atoms with E-state index < -0.39 is 37.9 Å². The molecule has 0 amide bonds. The highest BCUT2D eigenvalue weighted by Gasteiger charge is 2.53. The third-order valence-electron chi connectivity index (χ3n) is 6.12. The van der Waals surface area contributed by atoms with Gasteiger partial charge in [0.1, 0.15) is 18.3 Å².